The van der Waals surface area contributed by atoms with Gasteiger partial charge in [0.05, 0.1) is 23.9 Å². The minimum atomic E-state index is -0.0151. The largest absolute Gasteiger partial charge is 0.490 e. The van der Waals surface area contributed by atoms with Crippen molar-refractivity contribution in [3.63, 3.8) is 0 Å². The minimum absolute atomic E-state index is 0.0151. The summed E-state index contributed by atoms with van der Waals surface area (Å²) < 4.78 is 7.23. The number of halogens is 1. The van der Waals surface area contributed by atoms with Crippen molar-refractivity contribution in [1.82, 2.24) is 10.3 Å². The standard InChI is InChI=1S/C23H22BrN3OS2/c24-15-13-20(30-14-15)22-21(19-7-3-4-12-25-19)26-23(29)27(22)16-8-10-18(11-9-16)28-17-5-1-2-6-17/h3-4,7-14,17,21-22H,1-2,5-6H2,(H,26,29). The number of aromatic nitrogens is 1. The number of hydrogen-bond donors (Lipinski definition) is 1. The monoisotopic (exact) mass is 499 g/mol. The molecule has 2 fully saturated rings. The summed E-state index contributed by atoms with van der Waals surface area (Å²) in [5, 5.41) is 6.33. The van der Waals surface area contributed by atoms with Crippen molar-refractivity contribution in [1.29, 1.82) is 0 Å². The molecule has 5 rings (SSSR count). The predicted octanol–water partition coefficient (Wildman–Crippen LogP) is 6.40. The van der Waals surface area contributed by atoms with Crippen LogP contribution in [0.15, 0.2) is 64.6 Å². The molecule has 154 valence electrons. The van der Waals surface area contributed by atoms with E-state index in [4.69, 9.17) is 17.0 Å². The van der Waals surface area contributed by atoms with Crippen LogP contribution in [0.2, 0.25) is 0 Å². The predicted molar refractivity (Wildman–Crippen MR) is 129 cm³/mol. The van der Waals surface area contributed by atoms with Gasteiger partial charge >= 0.3 is 0 Å². The van der Waals surface area contributed by atoms with Crippen LogP contribution in [-0.4, -0.2) is 16.2 Å². The number of anilines is 1. The van der Waals surface area contributed by atoms with Crippen LogP contribution in [0.25, 0.3) is 0 Å². The molecule has 30 heavy (non-hydrogen) atoms. The molecule has 7 heteroatoms. The summed E-state index contributed by atoms with van der Waals surface area (Å²) in [6.07, 6.45) is 7.04. The first-order valence-electron chi connectivity index (χ1n) is 10.2. The van der Waals surface area contributed by atoms with E-state index in [2.05, 4.69) is 72.9 Å². The van der Waals surface area contributed by atoms with E-state index in [-0.39, 0.29) is 12.1 Å². The third-order valence-electron chi connectivity index (χ3n) is 5.70. The van der Waals surface area contributed by atoms with Crippen molar-refractivity contribution in [2.75, 3.05) is 4.90 Å². The summed E-state index contributed by atoms with van der Waals surface area (Å²) in [6.45, 7) is 0. The molecular formula is C23H22BrN3OS2. The lowest BCUT2D eigenvalue weighted by atomic mass is 10.0. The molecule has 1 N–H and O–H groups in total. The molecule has 1 saturated carbocycles. The van der Waals surface area contributed by atoms with Gasteiger partial charge in [-0.3, -0.25) is 4.98 Å². The Labute approximate surface area is 194 Å². The number of rotatable bonds is 5. The van der Waals surface area contributed by atoms with Crippen LogP contribution >= 0.6 is 39.5 Å². The van der Waals surface area contributed by atoms with Crippen LogP contribution in [0.4, 0.5) is 5.69 Å². The highest BCUT2D eigenvalue weighted by Crippen LogP contribution is 2.44. The van der Waals surface area contributed by atoms with Crippen molar-refractivity contribution < 1.29 is 4.74 Å². The van der Waals surface area contributed by atoms with Gasteiger partial charge in [0.1, 0.15) is 5.75 Å². The Balaban J connectivity index is 1.46. The average Bonchev–Trinajstić information content (AvgIpc) is 3.50. The molecule has 0 spiro atoms. The van der Waals surface area contributed by atoms with Crippen molar-refractivity contribution >= 4 is 50.3 Å². The molecule has 0 bridgehead atoms. The van der Waals surface area contributed by atoms with E-state index in [9.17, 15) is 0 Å². The number of hydrogen-bond acceptors (Lipinski definition) is 4. The Morgan fingerprint density at radius 1 is 1.13 bits per heavy atom. The van der Waals surface area contributed by atoms with Gasteiger partial charge in [0, 0.05) is 26.6 Å². The fourth-order valence-electron chi connectivity index (χ4n) is 4.29. The van der Waals surface area contributed by atoms with E-state index in [0.717, 1.165) is 34.4 Å². The Morgan fingerprint density at radius 3 is 2.60 bits per heavy atom. The summed E-state index contributed by atoms with van der Waals surface area (Å²) in [4.78, 5) is 8.03. The van der Waals surface area contributed by atoms with E-state index in [1.54, 1.807) is 11.3 Å². The maximum atomic E-state index is 6.14. The number of nitrogens with one attached hydrogen (secondary N) is 1. The van der Waals surface area contributed by atoms with Gasteiger partial charge < -0.3 is 15.0 Å². The van der Waals surface area contributed by atoms with Gasteiger partial charge in [-0.2, -0.15) is 0 Å². The van der Waals surface area contributed by atoms with Gasteiger partial charge in [0.15, 0.2) is 5.11 Å². The molecule has 1 aromatic carbocycles. The zero-order chi connectivity index (χ0) is 20.5. The van der Waals surface area contributed by atoms with Crippen LogP contribution in [0.3, 0.4) is 0 Å². The molecule has 4 nitrogen and oxygen atoms in total. The van der Waals surface area contributed by atoms with E-state index in [1.165, 1.54) is 17.7 Å². The van der Waals surface area contributed by atoms with Crippen molar-refractivity contribution in [2.24, 2.45) is 0 Å². The fourth-order valence-corrected chi connectivity index (χ4v) is 6.21. The Kier molecular flexibility index (Phi) is 5.76. The number of thiophene rings is 1. The van der Waals surface area contributed by atoms with Gasteiger partial charge in [-0.25, -0.2) is 0 Å². The molecule has 3 aromatic rings. The second-order valence-electron chi connectivity index (χ2n) is 7.68. The van der Waals surface area contributed by atoms with E-state index < -0.39 is 0 Å². The van der Waals surface area contributed by atoms with Crippen LogP contribution in [0, 0.1) is 0 Å². The molecule has 0 radical (unpaired) electrons. The van der Waals surface area contributed by atoms with Crippen LogP contribution in [-0.2, 0) is 0 Å². The smallest absolute Gasteiger partial charge is 0.174 e. The van der Waals surface area contributed by atoms with Gasteiger partial charge in [0.25, 0.3) is 0 Å². The molecule has 0 amide bonds. The number of nitrogens with zero attached hydrogens (tertiary/aromatic N) is 2. The number of ether oxygens (including phenoxy) is 1. The second-order valence-corrected chi connectivity index (χ2v) is 9.93. The lowest BCUT2D eigenvalue weighted by molar-refractivity contribution is 0.210. The Bertz CT molecular complexity index is 1020. The van der Waals surface area contributed by atoms with E-state index in [0.29, 0.717) is 11.2 Å². The average molecular weight is 500 g/mol. The third-order valence-corrected chi connectivity index (χ3v) is 7.78. The maximum absolute atomic E-state index is 6.14. The quantitative estimate of drug-likeness (QED) is 0.410. The molecule has 1 saturated heterocycles. The second kappa shape index (κ2) is 8.65. The molecule has 1 aliphatic carbocycles. The Hall–Kier alpha value is -1.96. The van der Waals surface area contributed by atoms with Gasteiger partial charge in [0.2, 0.25) is 0 Å². The van der Waals surface area contributed by atoms with E-state index in [1.807, 2.05) is 18.3 Å². The third kappa shape index (κ3) is 3.98. The molecular weight excluding hydrogens is 478 g/mol. The molecule has 1 aliphatic heterocycles. The number of pyridine rings is 1. The molecule has 2 atom stereocenters. The highest BCUT2D eigenvalue weighted by molar-refractivity contribution is 9.10. The van der Waals surface area contributed by atoms with Crippen LogP contribution < -0.4 is 15.0 Å². The highest BCUT2D eigenvalue weighted by atomic mass is 79.9. The van der Waals surface area contributed by atoms with Crippen molar-refractivity contribution in [2.45, 2.75) is 43.9 Å². The first kappa shape index (κ1) is 20.0. The summed E-state index contributed by atoms with van der Waals surface area (Å²) in [5.74, 6) is 0.931. The van der Waals surface area contributed by atoms with Crippen molar-refractivity contribution in [3.05, 3.63) is 75.2 Å². The molecule has 3 heterocycles. The highest BCUT2D eigenvalue weighted by Gasteiger charge is 2.41. The topological polar surface area (TPSA) is 37.4 Å². The van der Waals surface area contributed by atoms with Gasteiger partial charge in [-0.1, -0.05) is 6.07 Å². The fraction of sp³-hybridized carbons (Fsp3) is 0.304. The Morgan fingerprint density at radius 2 is 1.93 bits per heavy atom. The van der Waals surface area contributed by atoms with Crippen LogP contribution in [0.1, 0.15) is 48.3 Å². The molecule has 2 aliphatic rings. The normalized spacial score (nSPS) is 21.8. The molecule has 2 aromatic heterocycles. The summed E-state index contributed by atoms with van der Waals surface area (Å²) >= 11 is 11.1. The summed E-state index contributed by atoms with van der Waals surface area (Å²) in [5.41, 5.74) is 2.04. The first-order chi connectivity index (χ1) is 14.7. The summed E-state index contributed by atoms with van der Waals surface area (Å²) in [6, 6.07) is 16.5. The first-order valence-corrected chi connectivity index (χ1v) is 12.3. The summed E-state index contributed by atoms with van der Waals surface area (Å²) in [7, 11) is 0. The maximum Gasteiger partial charge on any atom is 0.174 e. The molecule has 2 unspecified atom stereocenters. The minimum Gasteiger partial charge on any atom is -0.490 e. The van der Waals surface area contributed by atoms with Gasteiger partial charge in [-0.15, -0.1) is 11.3 Å². The number of benzene rings is 1. The van der Waals surface area contributed by atoms with Gasteiger partial charge in [-0.05, 0) is 96.3 Å². The number of thiocarbonyl (C=S) groups is 1. The SMILES string of the molecule is S=C1NC(c2ccccn2)C(c2cc(Br)cs2)N1c1ccc(OC2CCCC2)cc1. The van der Waals surface area contributed by atoms with Crippen LogP contribution in [0.5, 0.6) is 5.75 Å². The lowest BCUT2D eigenvalue weighted by Gasteiger charge is -2.27. The van der Waals surface area contributed by atoms with E-state index >= 15 is 0 Å². The lowest BCUT2D eigenvalue weighted by Crippen LogP contribution is -2.29. The zero-order valence-corrected chi connectivity index (χ0v) is 19.6. The van der Waals surface area contributed by atoms with Crippen molar-refractivity contribution in [3.8, 4) is 5.75 Å². The zero-order valence-electron chi connectivity index (χ0n) is 16.3.